The molecule has 0 unspecified atom stereocenters. The number of nitrogens with one attached hydrogen (secondary N) is 2. The van der Waals surface area contributed by atoms with Crippen molar-refractivity contribution < 1.29 is 33.4 Å². The van der Waals surface area contributed by atoms with E-state index in [-0.39, 0.29) is 0 Å². The van der Waals surface area contributed by atoms with E-state index in [1.54, 1.807) is 48.5 Å². The minimum absolute atomic E-state index is 0.345. The van der Waals surface area contributed by atoms with E-state index < -0.39 is 53.2 Å². The van der Waals surface area contributed by atoms with Crippen molar-refractivity contribution in [3.05, 3.63) is 84.2 Å². The van der Waals surface area contributed by atoms with Gasteiger partial charge in [-0.2, -0.15) is 0 Å². The van der Waals surface area contributed by atoms with Crippen LogP contribution in [0.5, 0.6) is 11.5 Å². The first-order valence-corrected chi connectivity index (χ1v) is 12.0. The van der Waals surface area contributed by atoms with Gasteiger partial charge in [0.15, 0.2) is 0 Å². The van der Waals surface area contributed by atoms with Crippen LogP contribution in [-0.4, -0.2) is 42.5 Å². The first-order chi connectivity index (χ1) is 18.2. The largest absolute Gasteiger partial charge is 0.495 e. The molecule has 8 nitrogen and oxygen atoms in total. The topological polar surface area (TPSA) is 114 Å². The second-order valence-electron chi connectivity index (χ2n) is 9.41. The van der Waals surface area contributed by atoms with Crippen LogP contribution in [0, 0.1) is 17.7 Å². The van der Waals surface area contributed by atoms with Crippen LogP contribution in [-0.2, 0) is 14.4 Å². The molecule has 0 saturated heterocycles. The Morgan fingerprint density at radius 2 is 1.37 bits per heavy atom. The van der Waals surface area contributed by atoms with Crippen LogP contribution in [0.1, 0.15) is 24.8 Å². The first-order valence-electron chi connectivity index (χ1n) is 12.0. The number of Topliss-reactive ketones (excluding diaryl/α,β-unsaturated/α-hetero) is 1. The van der Waals surface area contributed by atoms with Crippen LogP contribution >= 0.6 is 0 Å². The highest BCUT2D eigenvalue weighted by Gasteiger charge is 2.56. The van der Waals surface area contributed by atoms with Crippen molar-refractivity contribution in [3.8, 4) is 11.5 Å². The standard InChI is InChI=1S/C29H29FN2O6/c1-29(36)16-21(33)25(27(34)31-19-8-4-6-10-22(19)37-2)24(17-12-14-18(30)15-13-17)26(29)28(35)32-20-9-5-7-11-23(20)38-3/h4-15,24-26,36H,16H2,1-3H3,(H,31,34)(H,32,35)/t24-,25-,26-,29-/m1/s1. The lowest BCUT2D eigenvalue weighted by atomic mass is 9.61. The molecule has 38 heavy (non-hydrogen) atoms. The van der Waals surface area contributed by atoms with Crippen molar-refractivity contribution in [1.29, 1.82) is 0 Å². The van der Waals surface area contributed by atoms with Gasteiger partial charge in [-0.1, -0.05) is 36.4 Å². The predicted octanol–water partition coefficient (Wildman–Crippen LogP) is 4.16. The van der Waals surface area contributed by atoms with Gasteiger partial charge >= 0.3 is 0 Å². The number of aliphatic hydroxyl groups is 1. The maximum Gasteiger partial charge on any atom is 0.235 e. The third kappa shape index (κ3) is 5.38. The number of methoxy groups -OCH3 is 2. The number of hydrogen-bond donors (Lipinski definition) is 3. The van der Waals surface area contributed by atoms with Crippen LogP contribution in [0.15, 0.2) is 72.8 Å². The van der Waals surface area contributed by atoms with Crippen molar-refractivity contribution in [2.75, 3.05) is 24.9 Å². The van der Waals surface area contributed by atoms with Gasteiger partial charge in [-0.25, -0.2) is 4.39 Å². The van der Waals surface area contributed by atoms with Gasteiger partial charge < -0.3 is 25.2 Å². The van der Waals surface area contributed by atoms with Crippen molar-refractivity contribution >= 4 is 29.0 Å². The highest BCUT2D eigenvalue weighted by atomic mass is 19.1. The van der Waals surface area contributed by atoms with Crippen molar-refractivity contribution in [2.24, 2.45) is 11.8 Å². The third-order valence-corrected chi connectivity index (χ3v) is 6.82. The summed E-state index contributed by atoms with van der Waals surface area (Å²) in [5.41, 5.74) is -0.734. The zero-order valence-electron chi connectivity index (χ0n) is 21.2. The van der Waals surface area contributed by atoms with Gasteiger partial charge in [0.05, 0.1) is 37.1 Å². The van der Waals surface area contributed by atoms with E-state index in [0.29, 0.717) is 28.4 Å². The summed E-state index contributed by atoms with van der Waals surface area (Å²) in [6.45, 7) is 1.39. The Hall–Kier alpha value is -4.24. The number of halogens is 1. The van der Waals surface area contributed by atoms with Gasteiger partial charge in [0.25, 0.3) is 0 Å². The Morgan fingerprint density at radius 3 is 1.89 bits per heavy atom. The molecule has 1 saturated carbocycles. The molecule has 4 rings (SSSR count). The zero-order chi connectivity index (χ0) is 27.4. The summed E-state index contributed by atoms with van der Waals surface area (Å²) in [5.74, 6) is -5.25. The molecule has 1 aliphatic carbocycles. The van der Waals surface area contributed by atoms with E-state index in [9.17, 15) is 23.9 Å². The molecule has 0 bridgehead atoms. The van der Waals surface area contributed by atoms with Crippen LogP contribution in [0.3, 0.4) is 0 Å². The lowest BCUT2D eigenvalue weighted by Gasteiger charge is -2.44. The molecule has 9 heteroatoms. The number of ketones is 1. The molecule has 1 aliphatic rings. The third-order valence-electron chi connectivity index (χ3n) is 6.82. The molecule has 0 radical (unpaired) electrons. The van der Waals surface area contributed by atoms with Gasteiger partial charge in [-0.05, 0) is 48.9 Å². The molecule has 3 aromatic rings. The van der Waals surface area contributed by atoms with E-state index in [0.717, 1.165) is 0 Å². The average molecular weight is 521 g/mol. The average Bonchev–Trinajstić information content (AvgIpc) is 2.88. The Kier molecular flexibility index (Phi) is 7.78. The predicted molar refractivity (Wildman–Crippen MR) is 140 cm³/mol. The van der Waals surface area contributed by atoms with Gasteiger partial charge in [-0.15, -0.1) is 0 Å². The second kappa shape index (κ2) is 11.0. The number of anilines is 2. The fourth-order valence-electron chi connectivity index (χ4n) is 5.09. The summed E-state index contributed by atoms with van der Waals surface area (Å²) in [6, 6.07) is 18.7. The van der Waals surface area contributed by atoms with Gasteiger partial charge in [0, 0.05) is 12.3 Å². The zero-order valence-corrected chi connectivity index (χ0v) is 21.2. The molecule has 2 amide bonds. The fraction of sp³-hybridized carbons (Fsp3) is 0.276. The molecular weight excluding hydrogens is 491 g/mol. The van der Waals surface area contributed by atoms with Crippen LogP contribution in [0.4, 0.5) is 15.8 Å². The van der Waals surface area contributed by atoms with Crippen molar-refractivity contribution in [2.45, 2.75) is 24.9 Å². The number of amides is 2. The number of carbonyl (C=O) groups excluding carboxylic acids is 3. The molecule has 1 fully saturated rings. The summed E-state index contributed by atoms with van der Waals surface area (Å²) >= 11 is 0. The Labute approximate surface area is 219 Å². The lowest BCUT2D eigenvalue weighted by Crippen LogP contribution is -2.56. The number of benzene rings is 3. The van der Waals surface area contributed by atoms with E-state index in [2.05, 4.69) is 10.6 Å². The monoisotopic (exact) mass is 520 g/mol. The summed E-state index contributed by atoms with van der Waals surface area (Å²) in [4.78, 5) is 40.8. The van der Waals surface area contributed by atoms with Crippen molar-refractivity contribution in [3.63, 3.8) is 0 Å². The van der Waals surface area contributed by atoms with Crippen LogP contribution in [0.2, 0.25) is 0 Å². The maximum atomic E-state index is 13.8. The summed E-state index contributed by atoms with van der Waals surface area (Å²) in [7, 11) is 2.91. The summed E-state index contributed by atoms with van der Waals surface area (Å²) in [6.07, 6.45) is -0.432. The summed E-state index contributed by atoms with van der Waals surface area (Å²) in [5, 5.41) is 16.9. The Balaban J connectivity index is 1.78. The highest BCUT2D eigenvalue weighted by Crippen LogP contribution is 2.47. The number of para-hydroxylation sites is 4. The maximum absolute atomic E-state index is 13.8. The van der Waals surface area contributed by atoms with Crippen LogP contribution in [0.25, 0.3) is 0 Å². The normalized spacial score (nSPS) is 22.9. The molecule has 3 aromatic carbocycles. The molecule has 0 aliphatic heterocycles. The number of hydrogen-bond acceptors (Lipinski definition) is 6. The lowest BCUT2D eigenvalue weighted by molar-refractivity contribution is -0.150. The SMILES string of the molecule is COc1ccccc1NC(=O)[C@@H]1C(=O)C[C@@](C)(O)[C@@H](C(=O)Nc2ccccc2OC)[C@@H]1c1ccc(F)cc1. The minimum atomic E-state index is -1.80. The molecule has 3 N–H and O–H groups in total. The fourth-order valence-corrected chi connectivity index (χ4v) is 5.09. The van der Waals surface area contributed by atoms with E-state index in [1.165, 1.54) is 45.4 Å². The molecule has 0 aromatic heterocycles. The quantitative estimate of drug-likeness (QED) is 0.403. The first kappa shape index (κ1) is 26.8. The van der Waals surface area contributed by atoms with Gasteiger partial charge in [-0.3, -0.25) is 14.4 Å². The van der Waals surface area contributed by atoms with Gasteiger partial charge in [0.2, 0.25) is 11.8 Å². The molecular formula is C29H29FN2O6. The van der Waals surface area contributed by atoms with E-state index >= 15 is 0 Å². The molecule has 0 heterocycles. The van der Waals surface area contributed by atoms with Gasteiger partial charge in [0.1, 0.15) is 29.0 Å². The Morgan fingerprint density at radius 1 is 0.868 bits per heavy atom. The smallest absolute Gasteiger partial charge is 0.235 e. The van der Waals surface area contributed by atoms with E-state index in [1.807, 2.05) is 0 Å². The highest BCUT2D eigenvalue weighted by molar-refractivity contribution is 6.11. The molecule has 4 atom stereocenters. The molecule has 198 valence electrons. The van der Waals surface area contributed by atoms with E-state index in [4.69, 9.17) is 9.47 Å². The van der Waals surface area contributed by atoms with Crippen LogP contribution < -0.4 is 20.1 Å². The minimum Gasteiger partial charge on any atom is -0.495 e. The number of rotatable bonds is 7. The number of ether oxygens (including phenoxy) is 2. The number of carbonyl (C=O) groups is 3. The Bertz CT molecular complexity index is 1340. The molecule has 0 spiro atoms. The van der Waals surface area contributed by atoms with Crippen molar-refractivity contribution in [1.82, 2.24) is 0 Å². The second-order valence-corrected chi connectivity index (χ2v) is 9.41. The summed E-state index contributed by atoms with van der Waals surface area (Å²) < 4.78 is 24.5.